The van der Waals surface area contributed by atoms with Crippen molar-refractivity contribution in [3.05, 3.63) is 35.7 Å². The fourth-order valence-electron chi connectivity index (χ4n) is 0.820. The molecule has 13 heavy (non-hydrogen) atoms. The van der Waals surface area contributed by atoms with Gasteiger partial charge in [0.1, 0.15) is 6.57 Å². The fraction of sp³-hybridized carbons (Fsp3) is 0.111. The highest BCUT2D eigenvalue weighted by molar-refractivity contribution is 5.80. The molecule has 0 N–H and O–H groups in total. The first-order valence-corrected chi connectivity index (χ1v) is 3.50. The molecule has 0 aromatic heterocycles. The van der Waals surface area contributed by atoms with Crippen LogP contribution in [0.2, 0.25) is 0 Å². The van der Waals surface area contributed by atoms with E-state index in [4.69, 9.17) is 11.3 Å². The summed E-state index contributed by atoms with van der Waals surface area (Å²) in [7, 11) is 1.46. The maximum Gasteiger partial charge on any atom is 0.567 e. The van der Waals surface area contributed by atoms with Crippen molar-refractivity contribution < 1.29 is 14.3 Å². The molecule has 0 unspecified atom stereocenters. The molecular formula is C9H7NO3. The Morgan fingerprint density at radius 3 is 2.54 bits per heavy atom. The minimum atomic E-state index is -0.968. The molecule has 1 aromatic rings. The molecule has 66 valence electrons. The van der Waals surface area contributed by atoms with E-state index >= 15 is 0 Å². The van der Waals surface area contributed by atoms with Gasteiger partial charge in [0.25, 0.3) is 0 Å². The van der Waals surface area contributed by atoms with Gasteiger partial charge in [0, 0.05) is 0 Å². The Balaban J connectivity index is 2.88. The van der Waals surface area contributed by atoms with Crippen LogP contribution in [0.5, 0.6) is 11.5 Å². The van der Waals surface area contributed by atoms with Crippen LogP contribution in [-0.4, -0.2) is 13.2 Å². The normalized spacial score (nSPS) is 8.62. The van der Waals surface area contributed by atoms with Gasteiger partial charge in [-0.1, -0.05) is 12.1 Å². The van der Waals surface area contributed by atoms with Gasteiger partial charge in [0.15, 0.2) is 11.5 Å². The average molecular weight is 177 g/mol. The molecular weight excluding hydrogens is 170 g/mol. The van der Waals surface area contributed by atoms with Crippen molar-refractivity contribution in [2.75, 3.05) is 7.11 Å². The summed E-state index contributed by atoms with van der Waals surface area (Å²) in [5.74, 6) is 0.686. The lowest BCUT2D eigenvalue weighted by Crippen LogP contribution is -2.00. The number of benzene rings is 1. The van der Waals surface area contributed by atoms with Gasteiger partial charge in [-0.25, -0.2) is 0 Å². The van der Waals surface area contributed by atoms with E-state index in [0.717, 1.165) is 0 Å². The van der Waals surface area contributed by atoms with Crippen LogP contribution < -0.4 is 9.47 Å². The zero-order valence-electron chi connectivity index (χ0n) is 6.98. The number of ether oxygens (including phenoxy) is 2. The van der Waals surface area contributed by atoms with Crippen molar-refractivity contribution in [2.45, 2.75) is 0 Å². The molecule has 4 nitrogen and oxygen atoms in total. The first-order chi connectivity index (χ1) is 6.27. The summed E-state index contributed by atoms with van der Waals surface area (Å²) in [5, 5.41) is 0. The summed E-state index contributed by atoms with van der Waals surface area (Å²) in [6.45, 7) is 6.40. The highest BCUT2D eigenvalue weighted by Crippen LogP contribution is 2.25. The summed E-state index contributed by atoms with van der Waals surface area (Å²) in [6, 6.07) is 6.64. The molecule has 0 heterocycles. The number of rotatable bonds is 2. The Kier molecular flexibility index (Phi) is 2.87. The Bertz CT molecular complexity index is 354. The van der Waals surface area contributed by atoms with E-state index in [1.165, 1.54) is 7.11 Å². The number of nitrogens with zero attached hydrogens (tertiary/aromatic N) is 1. The van der Waals surface area contributed by atoms with Gasteiger partial charge in [-0.15, -0.1) is 0 Å². The second-order valence-electron chi connectivity index (χ2n) is 2.13. The van der Waals surface area contributed by atoms with Crippen molar-refractivity contribution in [2.24, 2.45) is 0 Å². The maximum atomic E-state index is 10.6. The molecule has 0 spiro atoms. The third kappa shape index (κ3) is 2.20. The lowest BCUT2D eigenvalue weighted by atomic mass is 10.3. The molecule has 1 amide bonds. The summed E-state index contributed by atoms with van der Waals surface area (Å²) in [4.78, 5) is 13.2. The molecule has 1 aromatic carbocycles. The summed E-state index contributed by atoms with van der Waals surface area (Å²) < 4.78 is 9.58. The predicted octanol–water partition coefficient (Wildman–Crippen LogP) is 2.11. The van der Waals surface area contributed by atoms with Gasteiger partial charge in [0.2, 0.25) is 0 Å². The molecule has 0 saturated heterocycles. The SMILES string of the molecule is [C-]#[N+]C(=O)Oc1ccccc1OC. The second-order valence-corrected chi connectivity index (χ2v) is 2.13. The largest absolute Gasteiger partial charge is 0.567 e. The molecule has 4 heteroatoms. The first kappa shape index (κ1) is 9.07. The van der Waals surface area contributed by atoms with Crippen molar-refractivity contribution in [1.82, 2.24) is 0 Å². The van der Waals surface area contributed by atoms with Crippen molar-refractivity contribution in [1.29, 1.82) is 0 Å². The van der Waals surface area contributed by atoms with Gasteiger partial charge in [-0.3, -0.25) is 4.79 Å². The van der Waals surface area contributed by atoms with Crippen LogP contribution in [0, 0.1) is 6.57 Å². The highest BCUT2D eigenvalue weighted by atomic mass is 16.6. The highest BCUT2D eigenvalue weighted by Gasteiger charge is 2.07. The number of para-hydroxylation sites is 2. The van der Waals surface area contributed by atoms with Crippen LogP contribution >= 0.6 is 0 Å². The zero-order valence-corrected chi connectivity index (χ0v) is 6.98. The molecule has 0 saturated carbocycles. The van der Waals surface area contributed by atoms with E-state index in [1.807, 2.05) is 0 Å². The molecule has 0 radical (unpaired) electrons. The smallest absolute Gasteiger partial charge is 0.493 e. The standard InChI is InChI=1S/C9H7NO3/c1-10-9(11)13-8-6-4-3-5-7(8)12-2/h3-6H,2H3. The maximum absolute atomic E-state index is 10.6. The summed E-state index contributed by atoms with van der Waals surface area (Å²) in [6.07, 6.45) is -0.968. The number of carbonyl (C=O) groups is 1. The zero-order chi connectivity index (χ0) is 9.68. The molecule has 0 aliphatic rings. The van der Waals surface area contributed by atoms with Crippen LogP contribution in [0.15, 0.2) is 24.3 Å². The average Bonchev–Trinajstić information content (AvgIpc) is 2.18. The lowest BCUT2D eigenvalue weighted by molar-refractivity contribution is 0.216. The number of carbonyl (C=O) groups excluding carboxylic acids is 1. The Morgan fingerprint density at radius 2 is 2.00 bits per heavy atom. The van der Waals surface area contributed by atoms with E-state index in [1.54, 1.807) is 24.3 Å². The molecule has 0 bridgehead atoms. The lowest BCUT2D eigenvalue weighted by Gasteiger charge is -2.05. The van der Waals surface area contributed by atoms with Gasteiger partial charge in [-0.2, -0.15) is 4.85 Å². The van der Waals surface area contributed by atoms with Crippen molar-refractivity contribution >= 4 is 6.09 Å². The van der Waals surface area contributed by atoms with Crippen LogP contribution in [0.25, 0.3) is 4.85 Å². The topological polar surface area (TPSA) is 39.9 Å². The van der Waals surface area contributed by atoms with Crippen LogP contribution in [-0.2, 0) is 0 Å². The third-order valence-electron chi connectivity index (χ3n) is 1.36. The first-order valence-electron chi connectivity index (χ1n) is 3.50. The van der Waals surface area contributed by atoms with E-state index in [-0.39, 0.29) is 5.75 Å². The second kappa shape index (κ2) is 4.12. The van der Waals surface area contributed by atoms with Crippen molar-refractivity contribution in [3.8, 4) is 11.5 Å². The van der Waals surface area contributed by atoms with E-state index in [0.29, 0.717) is 5.75 Å². The quantitative estimate of drug-likeness (QED) is 0.649. The minimum Gasteiger partial charge on any atom is -0.493 e. The van der Waals surface area contributed by atoms with Gasteiger partial charge in [-0.05, 0) is 12.1 Å². The van der Waals surface area contributed by atoms with E-state index < -0.39 is 6.09 Å². The Labute approximate surface area is 75.5 Å². The minimum absolute atomic E-state index is 0.256. The van der Waals surface area contributed by atoms with E-state index in [9.17, 15) is 4.79 Å². The number of amides is 1. The van der Waals surface area contributed by atoms with Crippen LogP contribution in [0.1, 0.15) is 0 Å². The van der Waals surface area contributed by atoms with Gasteiger partial charge >= 0.3 is 6.09 Å². The molecule has 0 fully saturated rings. The van der Waals surface area contributed by atoms with Crippen LogP contribution in [0.3, 0.4) is 0 Å². The van der Waals surface area contributed by atoms with Crippen molar-refractivity contribution in [3.63, 3.8) is 0 Å². The van der Waals surface area contributed by atoms with E-state index in [2.05, 4.69) is 9.58 Å². The predicted molar refractivity (Wildman–Crippen MR) is 45.6 cm³/mol. The number of methoxy groups -OCH3 is 1. The molecule has 0 atom stereocenters. The molecule has 1 rings (SSSR count). The van der Waals surface area contributed by atoms with Gasteiger partial charge in [0.05, 0.1) is 7.11 Å². The Morgan fingerprint density at radius 1 is 1.38 bits per heavy atom. The Hall–Kier alpha value is -2.02. The molecule has 0 aliphatic heterocycles. The monoisotopic (exact) mass is 177 g/mol. The van der Waals surface area contributed by atoms with Crippen LogP contribution in [0.4, 0.5) is 4.79 Å². The van der Waals surface area contributed by atoms with Gasteiger partial charge < -0.3 is 9.47 Å². The summed E-state index contributed by atoms with van der Waals surface area (Å²) in [5.41, 5.74) is 0. The fourth-order valence-corrected chi connectivity index (χ4v) is 0.820. The third-order valence-corrected chi connectivity index (χ3v) is 1.36. The molecule has 0 aliphatic carbocycles. The number of hydrogen-bond donors (Lipinski definition) is 0. The summed E-state index contributed by atoms with van der Waals surface area (Å²) >= 11 is 0. The number of hydrogen-bond acceptors (Lipinski definition) is 3.